The van der Waals surface area contributed by atoms with Gasteiger partial charge in [-0.15, -0.1) is 12.6 Å². The molecule has 0 aromatic heterocycles. The quantitative estimate of drug-likeness (QED) is 0.723. The minimum Gasteiger partial charge on any atom is -0.507 e. The van der Waals surface area contributed by atoms with Gasteiger partial charge in [0.2, 0.25) is 0 Å². The molecule has 2 aromatic carbocycles. The van der Waals surface area contributed by atoms with Crippen LogP contribution in [0.3, 0.4) is 0 Å². The van der Waals surface area contributed by atoms with Crippen LogP contribution in [0.25, 0.3) is 0 Å². The monoisotopic (exact) mass is 369 g/mol. The van der Waals surface area contributed by atoms with Crippen LogP contribution >= 0.6 is 12.6 Å². The SMILES string of the molecule is CC(C)c1ccc(O)c(C2=NNC(S)N2Cc2ccc3c(c2)CCO3)c1. The highest BCUT2D eigenvalue weighted by Crippen LogP contribution is 2.30. The van der Waals surface area contributed by atoms with Crippen LogP contribution in [0.4, 0.5) is 0 Å². The Morgan fingerprint density at radius 3 is 2.96 bits per heavy atom. The molecule has 5 nitrogen and oxygen atoms in total. The zero-order valence-electron chi connectivity index (χ0n) is 14.9. The summed E-state index contributed by atoms with van der Waals surface area (Å²) in [5.41, 5.74) is 7.08. The van der Waals surface area contributed by atoms with Crippen molar-refractivity contribution in [2.45, 2.75) is 38.2 Å². The molecule has 0 radical (unpaired) electrons. The molecule has 1 unspecified atom stereocenters. The molecule has 0 bridgehead atoms. The van der Waals surface area contributed by atoms with Gasteiger partial charge in [-0.25, -0.2) is 0 Å². The van der Waals surface area contributed by atoms with Crippen LogP contribution in [0.15, 0.2) is 41.5 Å². The second-order valence-electron chi connectivity index (χ2n) is 7.04. The van der Waals surface area contributed by atoms with E-state index in [0.717, 1.165) is 29.9 Å². The van der Waals surface area contributed by atoms with Crippen molar-refractivity contribution in [3.05, 3.63) is 58.7 Å². The maximum absolute atomic E-state index is 10.4. The van der Waals surface area contributed by atoms with E-state index in [2.05, 4.69) is 54.0 Å². The van der Waals surface area contributed by atoms with E-state index in [0.29, 0.717) is 18.3 Å². The maximum Gasteiger partial charge on any atom is 0.162 e. The van der Waals surface area contributed by atoms with Crippen LogP contribution in [-0.2, 0) is 13.0 Å². The number of rotatable bonds is 4. The normalized spacial score (nSPS) is 18.5. The van der Waals surface area contributed by atoms with E-state index in [1.54, 1.807) is 6.07 Å². The summed E-state index contributed by atoms with van der Waals surface area (Å²) in [6.45, 7) is 5.67. The first-order valence-electron chi connectivity index (χ1n) is 8.89. The Balaban J connectivity index is 1.64. The number of hydrogen-bond acceptors (Lipinski definition) is 6. The number of fused-ring (bicyclic) bond motifs is 1. The topological polar surface area (TPSA) is 57.1 Å². The summed E-state index contributed by atoms with van der Waals surface area (Å²) in [6.07, 6.45) is 0.948. The van der Waals surface area contributed by atoms with Crippen LogP contribution in [0, 0.1) is 0 Å². The first kappa shape index (κ1) is 17.1. The summed E-state index contributed by atoms with van der Waals surface area (Å²) in [5.74, 6) is 2.29. The molecule has 2 aliphatic rings. The van der Waals surface area contributed by atoms with Crippen LogP contribution in [-0.4, -0.2) is 27.9 Å². The van der Waals surface area contributed by atoms with E-state index in [1.165, 1.54) is 11.1 Å². The molecule has 136 valence electrons. The van der Waals surface area contributed by atoms with Crippen molar-refractivity contribution in [3.63, 3.8) is 0 Å². The van der Waals surface area contributed by atoms with E-state index in [4.69, 9.17) is 4.74 Å². The number of hydrazone groups is 1. The van der Waals surface area contributed by atoms with Crippen LogP contribution in [0.2, 0.25) is 0 Å². The van der Waals surface area contributed by atoms with E-state index in [-0.39, 0.29) is 11.2 Å². The van der Waals surface area contributed by atoms with E-state index in [1.807, 2.05) is 18.2 Å². The van der Waals surface area contributed by atoms with Crippen molar-refractivity contribution < 1.29 is 9.84 Å². The number of nitrogens with one attached hydrogen (secondary N) is 1. The molecule has 26 heavy (non-hydrogen) atoms. The van der Waals surface area contributed by atoms with E-state index in [9.17, 15) is 5.11 Å². The first-order chi connectivity index (χ1) is 12.5. The van der Waals surface area contributed by atoms with Crippen LogP contribution in [0.5, 0.6) is 11.5 Å². The minimum atomic E-state index is -0.239. The van der Waals surface area contributed by atoms with Gasteiger partial charge in [0.25, 0.3) is 0 Å². The Morgan fingerprint density at radius 1 is 1.31 bits per heavy atom. The van der Waals surface area contributed by atoms with Gasteiger partial charge in [-0.05, 0) is 40.8 Å². The molecule has 2 N–H and O–H groups in total. The van der Waals surface area contributed by atoms with Crippen molar-refractivity contribution in [1.82, 2.24) is 10.3 Å². The third-order valence-electron chi connectivity index (χ3n) is 4.89. The van der Waals surface area contributed by atoms with Gasteiger partial charge in [0, 0.05) is 13.0 Å². The number of thiol groups is 1. The lowest BCUT2D eigenvalue weighted by molar-refractivity contribution is 0.356. The summed E-state index contributed by atoms with van der Waals surface area (Å²) < 4.78 is 5.59. The van der Waals surface area contributed by atoms with Gasteiger partial charge in [0.15, 0.2) is 11.3 Å². The third kappa shape index (κ3) is 3.09. The van der Waals surface area contributed by atoms with E-state index < -0.39 is 0 Å². The number of phenolic OH excluding ortho intramolecular Hbond substituents is 1. The van der Waals surface area contributed by atoms with Gasteiger partial charge in [-0.3, -0.25) is 5.43 Å². The third-order valence-corrected chi connectivity index (χ3v) is 5.28. The highest BCUT2D eigenvalue weighted by molar-refractivity contribution is 7.80. The predicted molar refractivity (Wildman–Crippen MR) is 106 cm³/mol. The summed E-state index contributed by atoms with van der Waals surface area (Å²) in [5, 5.41) is 14.8. The highest BCUT2D eigenvalue weighted by atomic mass is 32.1. The Morgan fingerprint density at radius 2 is 2.15 bits per heavy atom. The Labute approximate surface area is 159 Å². The molecule has 2 aliphatic heterocycles. The lowest BCUT2D eigenvalue weighted by Crippen LogP contribution is -2.36. The molecule has 2 heterocycles. The van der Waals surface area contributed by atoms with E-state index >= 15 is 0 Å². The molecule has 0 spiro atoms. The molecule has 0 amide bonds. The van der Waals surface area contributed by atoms with Gasteiger partial charge in [-0.1, -0.05) is 32.0 Å². The van der Waals surface area contributed by atoms with Gasteiger partial charge in [-0.2, -0.15) is 5.10 Å². The number of hydrogen-bond donors (Lipinski definition) is 3. The molecule has 0 saturated heterocycles. The van der Waals surface area contributed by atoms with Crippen molar-refractivity contribution in [2.75, 3.05) is 6.61 Å². The highest BCUT2D eigenvalue weighted by Gasteiger charge is 2.28. The average Bonchev–Trinajstić information content (AvgIpc) is 3.22. The second-order valence-corrected chi connectivity index (χ2v) is 7.53. The predicted octanol–water partition coefficient (Wildman–Crippen LogP) is 3.43. The van der Waals surface area contributed by atoms with Crippen LogP contribution in [0.1, 0.15) is 42.0 Å². The molecule has 6 heteroatoms. The van der Waals surface area contributed by atoms with Crippen molar-refractivity contribution in [1.29, 1.82) is 0 Å². The number of ether oxygens (including phenoxy) is 1. The van der Waals surface area contributed by atoms with Gasteiger partial charge >= 0.3 is 0 Å². The largest absolute Gasteiger partial charge is 0.507 e. The van der Waals surface area contributed by atoms with Gasteiger partial charge < -0.3 is 14.7 Å². The second kappa shape index (κ2) is 6.76. The number of aromatic hydroxyl groups is 1. The van der Waals surface area contributed by atoms with Gasteiger partial charge in [0.1, 0.15) is 11.5 Å². The average molecular weight is 369 g/mol. The smallest absolute Gasteiger partial charge is 0.162 e. The lowest BCUT2D eigenvalue weighted by atomic mass is 9.99. The van der Waals surface area contributed by atoms with Crippen molar-refractivity contribution in [2.24, 2.45) is 5.10 Å². The fourth-order valence-corrected chi connectivity index (χ4v) is 3.62. The summed E-state index contributed by atoms with van der Waals surface area (Å²) in [7, 11) is 0. The zero-order valence-corrected chi connectivity index (χ0v) is 15.8. The first-order valence-corrected chi connectivity index (χ1v) is 9.40. The molecule has 0 fully saturated rings. The van der Waals surface area contributed by atoms with Crippen molar-refractivity contribution >= 4 is 18.5 Å². The minimum absolute atomic E-state index is 0.227. The summed E-state index contributed by atoms with van der Waals surface area (Å²) >= 11 is 4.60. The number of phenols is 1. The van der Waals surface area contributed by atoms with Crippen molar-refractivity contribution in [3.8, 4) is 11.5 Å². The Hall–Kier alpha value is -2.34. The zero-order chi connectivity index (χ0) is 18.3. The van der Waals surface area contributed by atoms with Crippen LogP contribution < -0.4 is 10.2 Å². The van der Waals surface area contributed by atoms with Gasteiger partial charge in [0.05, 0.1) is 12.2 Å². The molecule has 1 atom stereocenters. The Bertz CT molecular complexity index is 866. The number of amidine groups is 1. The Kier molecular flexibility index (Phi) is 4.44. The summed E-state index contributed by atoms with van der Waals surface area (Å²) in [6, 6.07) is 12.0. The molecule has 4 rings (SSSR count). The summed E-state index contributed by atoms with van der Waals surface area (Å²) in [4.78, 5) is 2.06. The molecular weight excluding hydrogens is 346 g/mol. The lowest BCUT2D eigenvalue weighted by Gasteiger charge is -2.25. The standard InChI is InChI=1S/C20H23N3O2S/c1-12(2)14-4-5-17(24)16(10-14)19-21-22-20(26)23(19)11-13-3-6-18-15(9-13)7-8-25-18/h3-6,9-10,12,20,22,24,26H,7-8,11H2,1-2H3. The number of benzene rings is 2. The number of nitrogens with zero attached hydrogens (tertiary/aromatic N) is 2. The fraction of sp³-hybridized carbons (Fsp3) is 0.350. The molecule has 0 saturated carbocycles. The maximum atomic E-state index is 10.4. The molecule has 2 aromatic rings. The molecular formula is C20H23N3O2S. The molecule has 0 aliphatic carbocycles. The fourth-order valence-electron chi connectivity index (χ4n) is 3.37.